The van der Waals surface area contributed by atoms with Gasteiger partial charge in [0.2, 0.25) is 11.7 Å². The summed E-state index contributed by atoms with van der Waals surface area (Å²) in [5, 5.41) is 3.86. The number of nitrogens with zero attached hydrogens (tertiary/aromatic N) is 2. The number of hydrogen-bond acceptors (Lipinski definition) is 4. The molecule has 96 valence electrons. The molecule has 0 saturated heterocycles. The molecule has 1 aromatic heterocycles. The highest BCUT2D eigenvalue weighted by Gasteiger charge is 2.16. The Morgan fingerprint density at radius 3 is 2.94 bits per heavy atom. The predicted molar refractivity (Wildman–Crippen MR) is 66.3 cm³/mol. The smallest absolute Gasteiger partial charge is 0.243 e. The van der Waals surface area contributed by atoms with Crippen molar-refractivity contribution in [1.29, 1.82) is 0 Å². The SMILES string of the molecule is CCCC(N)c1nc(-c2cc(F)ccc2C)no1. The maximum atomic E-state index is 13.2. The van der Waals surface area contributed by atoms with Gasteiger partial charge in [0.25, 0.3) is 0 Å². The molecule has 4 nitrogen and oxygen atoms in total. The molecule has 0 spiro atoms. The third-order valence-corrected chi connectivity index (χ3v) is 2.80. The van der Waals surface area contributed by atoms with Gasteiger partial charge in [-0.3, -0.25) is 0 Å². The minimum Gasteiger partial charge on any atom is -0.337 e. The van der Waals surface area contributed by atoms with Crippen molar-refractivity contribution in [1.82, 2.24) is 10.1 Å². The van der Waals surface area contributed by atoms with Gasteiger partial charge in [-0.25, -0.2) is 4.39 Å². The summed E-state index contributed by atoms with van der Waals surface area (Å²) in [7, 11) is 0. The normalized spacial score (nSPS) is 12.7. The molecule has 0 fully saturated rings. The van der Waals surface area contributed by atoms with E-state index in [4.69, 9.17) is 10.3 Å². The van der Waals surface area contributed by atoms with Crippen LogP contribution >= 0.6 is 0 Å². The number of rotatable bonds is 4. The van der Waals surface area contributed by atoms with Gasteiger partial charge in [-0.05, 0) is 31.0 Å². The quantitative estimate of drug-likeness (QED) is 0.904. The molecule has 0 aliphatic carbocycles. The molecule has 0 saturated carbocycles. The van der Waals surface area contributed by atoms with Gasteiger partial charge in [0.05, 0.1) is 6.04 Å². The Balaban J connectivity index is 2.32. The van der Waals surface area contributed by atoms with E-state index < -0.39 is 0 Å². The van der Waals surface area contributed by atoms with Crippen LogP contribution in [0.25, 0.3) is 11.4 Å². The highest BCUT2D eigenvalue weighted by Crippen LogP contribution is 2.23. The van der Waals surface area contributed by atoms with Crippen LogP contribution in [0.5, 0.6) is 0 Å². The van der Waals surface area contributed by atoms with E-state index in [1.165, 1.54) is 12.1 Å². The van der Waals surface area contributed by atoms with E-state index in [9.17, 15) is 4.39 Å². The summed E-state index contributed by atoms with van der Waals surface area (Å²) in [4.78, 5) is 4.23. The second-order valence-electron chi connectivity index (χ2n) is 4.31. The van der Waals surface area contributed by atoms with Crippen molar-refractivity contribution >= 4 is 0 Å². The van der Waals surface area contributed by atoms with E-state index >= 15 is 0 Å². The fourth-order valence-corrected chi connectivity index (χ4v) is 1.76. The van der Waals surface area contributed by atoms with Gasteiger partial charge in [0.1, 0.15) is 5.82 Å². The molecule has 0 amide bonds. The summed E-state index contributed by atoms with van der Waals surface area (Å²) in [5.41, 5.74) is 7.42. The zero-order chi connectivity index (χ0) is 13.1. The fourth-order valence-electron chi connectivity index (χ4n) is 1.76. The molecule has 0 aliphatic rings. The summed E-state index contributed by atoms with van der Waals surface area (Å²) >= 11 is 0. The van der Waals surface area contributed by atoms with Gasteiger partial charge >= 0.3 is 0 Å². The Bertz CT molecular complexity index is 539. The average Bonchev–Trinajstić information content (AvgIpc) is 2.82. The number of benzene rings is 1. The first-order valence-corrected chi connectivity index (χ1v) is 5.97. The summed E-state index contributed by atoms with van der Waals surface area (Å²) < 4.78 is 18.3. The Kier molecular flexibility index (Phi) is 3.72. The number of nitrogens with two attached hydrogens (primary N) is 1. The van der Waals surface area contributed by atoms with Crippen LogP contribution < -0.4 is 5.73 Å². The molecule has 1 aromatic carbocycles. The summed E-state index contributed by atoms with van der Waals surface area (Å²) in [6.45, 7) is 3.91. The maximum absolute atomic E-state index is 13.2. The average molecular weight is 249 g/mol. The lowest BCUT2D eigenvalue weighted by Crippen LogP contribution is -2.09. The molecular formula is C13H16FN3O. The molecule has 0 radical (unpaired) electrons. The first-order chi connectivity index (χ1) is 8.61. The van der Waals surface area contributed by atoms with E-state index in [0.29, 0.717) is 17.3 Å². The second kappa shape index (κ2) is 5.27. The van der Waals surface area contributed by atoms with Crippen molar-refractivity contribution < 1.29 is 8.91 Å². The molecule has 1 heterocycles. The number of halogens is 1. The van der Waals surface area contributed by atoms with Crippen molar-refractivity contribution in [3.8, 4) is 11.4 Å². The van der Waals surface area contributed by atoms with Crippen molar-refractivity contribution in [2.24, 2.45) is 5.73 Å². The maximum Gasteiger partial charge on any atom is 0.243 e. The van der Waals surface area contributed by atoms with E-state index in [-0.39, 0.29) is 11.9 Å². The Labute approximate surface area is 105 Å². The highest BCUT2D eigenvalue weighted by atomic mass is 19.1. The van der Waals surface area contributed by atoms with Crippen LogP contribution in [-0.2, 0) is 0 Å². The van der Waals surface area contributed by atoms with Crippen LogP contribution in [0, 0.1) is 12.7 Å². The molecule has 2 aromatic rings. The van der Waals surface area contributed by atoms with Crippen LogP contribution in [0.4, 0.5) is 4.39 Å². The third kappa shape index (κ3) is 2.56. The molecular weight excluding hydrogens is 233 g/mol. The van der Waals surface area contributed by atoms with Crippen LogP contribution in [0.3, 0.4) is 0 Å². The van der Waals surface area contributed by atoms with Crippen molar-refractivity contribution in [3.63, 3.8) is 0 Å². The molecule has 0 aliphatic heterocycles. The molecule has 1 atom stereocenters. The van der Waals surface area contributed by atoms with E-state index in [2.05, 4.69) is 10.1 Å². The monoisotopic (exact) mass is 249 g/mol. The topological polar surface area (TPSA) is 64.9 Å². The number of aryl methyl sites for hydroxylation is 1. The van der Waals surface area contributed by atoms with Crippen LogP contribution in [0.2, 0.25) is 0 Å². The van der Waals surface area contributed by atoms with Crippen LogP contribution in [0.1, 0.15) is 37.3 Å². The van der Waals surface area contributed by atoms with Crippen molar-refractivity contribution in [2.45, 2.75) is 32.7 Å². The molecule has 2 N–H and O–H groups in total. The van der Waals surface area contributed by atoms with E-state index in [0.717, 1.165) is 18.4 Å². The van der Waals surface area contributed by atoms with Gasteiger partial charge in [-0.15, -0.1) is 0 Å². The number of aromatic nitrogens is 2. The van der Waals surface area contributed by atoms with Crippen LogP contribution in [0.15, 0.2) is 22.7 Å². The summed E-state index contributed by atoms with van der Waals surface area (Å²) in [6.07, 6.45) is 1.72. The standard InChI is InChI=1S/C13H16FN3O/c1-3-4-11(15)13-16-12(17-18-13)10-7-9(14)6-5-8(10)2/h5-7,11H,3-4,15H2,1-2H3. The van der Waals surface area contributed by atoms with Crippen molar-refractivity contribution in [2.75, 3.05) is 0 Å². The lowest BCUT2D eigenvalue weighted by molar-refractivity contribution is 0.348. The van der Waals surface area contributed by atoms with Gasteiger partial charge in [-0.2, -0.15) is 4.98 Å². The Hall–Kier alpha value is -1.75. The zero-order valence-electron chi connectivity index (χ0n) is 10.5. The highest BCUT2D eigenvalue weighted by molar-refractivity contribution is 5.59. The largest absolute Gasteiger partial charge is 0.337 e. The predicted octanol–water partition coefficient (Wildman–Crippen LogP) is 2.98. The van der Waals surface area contributed by atoms with Gasteiger partial charge in [0, 0.05) is 5.56 Å². The lowest BCUT2D eigenvalue weighted by atomic mass is 10.1. The zero-order valence-corrected chi connectivity index (χ0v) is 10.5. The van der Waals surface area contributed by atoms with Gasteiger partial charge in [-0.1, -0.05) is 24.6 Å². The molecule has 1 unspecified atom stereocenters. The van der Waals surface area contributed by atoms with Crippen LogP contribution in [-0.4, -0.2) is 10.1 Å². The van der Waals surface area contributed by atoms with Gasteiger partial charge < -0.3 is 10.3 Å². The molecule has 5 heteroatoms. The van der Waals surface area contributed by atoms with E-state index in [1.54, 1.807) is 6.07 Å². The molecule has 0 bridgehead atoms. The first kappa shape index (κ1) is 12.7. The molecule has 18 heavy (non-hydrogen) atoms. The summed E-state index contributed by atoms with van der Waals surface area (Å²) in [6, 6.07) is 4.23. The van der Waals surface area contributed by atoms with E-state index in [1.807, 2.05) is 13.8 Å². The van der Waals surface area contributed by atoms with Gasteiger partial charge in [0.15, 0.2) is 0 Å². The lowest BCUT2D eigenvalue weighted by Gasteiger charge is -2.02. The third-order valence-electron chi connectivity index (χ3n) is 2.80. The summed E-state index contributed by atoms with van der Waals surface area (Å²) in [5.74, 6) is 0.462. The van der Waals surface area contributed by atoms with Crippen molar-refractivity contribution in [3.05, 3.63) is 35.5 Å². The fraction of sp³-hybridized carbons (Fsp3) is 0.385. The number of hydrogen-bond donors (Lipinski definition) is 1. The molecule has 2 rings (SSSR count). The Morgan fingerprint density at radius 1 is 1.44 bits per heavy atom. The Morgan fingerprint density at radius 2 is 2.22 bits per heavy atom. The minimum absolute atomic E-state index is 0.259. The minimum atomic E-state index is -0.320. The second-order valence-corrected chi connectivity index (χ2v) is 4.31. The first-order valence-electron chi connectivity index (χ1n) is 5.97.